The van der Waals surface area contributed by atoms with E-state index in [1.54, 1.807) is 7.05 Å². The minimum atomic E-state index is -0.582. The van der Waals surface area contributed by atoms with Gasteiger partial charge in [0.05, 0.1) is 30.3 Å². The van der Waals surface area contributed by atoms with Crippen LogP contribution in [0, 0.1) is 10.1 Å². The Kier molecular flexibility index (Phi) is 5.90. The lowest BCUT2D eigenvalue weighted by molar-refractivity contribution is -0.385. The van der Waals surface area contributed by atoms with Crippen molar-refractivity contribution in [3.05, 3.63) is 50.6 Å². The summed E-state index contributed by atoms with van der Waals surface area (Å²) in [5.74, 6) is 0.449. The molecule has 10 heteroatoms. The first kappa shape index (κ1) is 18.2. The lowest BCUT2D eigenvalue weighted by atomic mass is 10.1. The lowest BCUT2D eigenvalue weighted by Gasteiger charge is -2.12. The molecule has 2 rings (SSSR count). The summed E-state index contributed by atoms with van der Waals surface area (Å²) in [6.07, 6.45) is 1.48. The predicted molar refractivity (Wildman–Crippen MR) is 86.0 cm³/mol. The van der Waals surface area contributed by atoms with Crippen molar-refractivity contribution in [3.8, 4) is 17.4 Å². The van der Waals surface area contributed by atoms with E-state index in [4.69, 9.17) is 19.3 Å². The van der Waals surface area contributed by atoms with Crippen LogP contribution in [0.4, 0.5) is 5.69 Å². The van der Waals surface area contributed by atoms with Crippen molar-refractivity contribution in [2.45, 2.75) is 6.61 Å². The normalized spacial score (nSPS) is 10.4. The Balaban J connectivity index is 2.30. The number of nitro groups is 1. The number of methoxy groups -OCH3 is 1. The summed E-state index contributed by atoms with van der Waals surface area (Å²) in [6, 6.07) is 4.08. The van der Waals surface area contributed by atoms with Crippen LogP contribution in [0.15, 0.2) is 29.2 Å². The van der Waals surface area contributed by atoms with Gasteiger partial charge in [0.25, 0.3) is 5.69 Å². The standard InChI is InChI=1S/C15H17N3O7/c1-17-4-3-14(16-15(17)20)25-9-10-7-12(23-2)13(24-6-5-19)8-11(10)18(21)22/h3-4,7-8,19H,5-6,9H2,1-2H3. The van der Waals surface area contributed by atoms with Crippen LogP contribution >= 0.6 is 0 Å². The molecule has 0 amide bonds. The number of nitrogens with zero attached hydrogens (tertiary/aromatic N) is 3. The first-order chi connectivity index (χ1) is 12.0. The summed E-state index contributed by atoms with van der Waals surface area (Å²) < 4.78 is 17.0. The van der Waals surface area contributed by atoms with Gasteiger partial charge in [0, 0.05) is 19.3 Å². The zero-order chi connectivity index (χ0) is 18.4. The van der Waals surface area contributed by atoms with Crippen molar-refractivity contribution in [1.29, 1.82) is 0 Å². The van der Waals surface area contributed by atoms with E-state index in [1.165, 1.54) is 36.1 Å². The van der Waals surface area contributed by atoms with Crippen LogP contribution in [-0.4, -0.2) is 39.9 Å². The number of benzene rings is 1. The average molecular weight is 351 g/mol. The molecular weight excluding hydrogens is 334 g/mol. The van der Waals surface area contributed by atoms with Gasteiger partial charge in [-0.3, -0.25) is 10.1 Å². The van der Waals surface area contributed by atoms with E-state index in [2.05, 4.69) is 4.98 Å². The smallest absolute Gasteiger partial charge is 0.350 e. The molecule has 0 saturated carbocycles. The number of hydrogen-bond donors (Lipinski definition) is 1. The number of aryl methyl sites for hydroxylation is 1. The SMILES string of the molecule is COc1cc(COc2ccn(C)c(=O)n2)c([N+](=O)[O-])cc1OCCO. The quantitative estimate of drug-likeness (QED) is 0.542. The summed E-state index contributed by atoms with van der Waals surface area (Å²) in [7, 11) is 2.93. The maximum atomic E-state index is 11.5. The highest BCUT2D eigenvalue weighted by Gasteiger charge is 2.20. The van der Waals surface area contributed by atoms with Crippen molar-refractivity contribution in [2.75, 3.05) is 20.3 Å². The molecule has 0 bridgehead atoms. The van der Waals surface area contributed by atoms with Crippen LogP contribution in [0.2, 0.25) is 0 Å². The summed E-state index contributed by atoms with van der Waals surface area (Å²) in [6.45, 7) is -0.454. The molecule has 134 valence electrons. The molecule has 10 nitrogen and oxygen atoms in total. The molecule has 0 radical (unpaired) electrons. The molecule has 1 aromatic carbocycles. The van der Waals surface area contributed by atoms with E-state index in [0.717, 1.165) is 0 Å². The summed E-state index contributed by atoms with van der Waals surface area (Å²) >= 11 is 0. The molecule has 1 aromatic heterocycles. The van der Waals surface area contributed by atoms with Crippen molar-refractivity contribution in [1.82, 2.24) is 9.55 Å². The minimum absolute atomic E-state index is 0.0272. The lowest BCUT2D eigenvalue weighted by Crippen LogP contribution is -2.19. The van der Waals surface area contributed by atoms with Gasteiger partial charge in [-0.15, -0.1) is 0 Å². The fraction of sp³-hybridized carbons (Fsp3) is 0.333. The average Bonchev–Trinajstić information content (AvgIpc) is 2.60. The third kappa shape index (κ3) is 4.44. The van der Waals surface area contributed by atoms with Gasteiger partial charge in [-0.2, -0.15) is 4.98 Å². The highest BCUT2D eigenvalue weighted by molar-refractivity contribution is 5.54. The second kappa shape index (κ2) is 8.11. The third-order valence-corrected chi connectivity index (χ3v) is 3.23. The monoisotopic (exact) mass is 351 g/mol. The molecular formula is C15H17N3O7. The second-order valence-electron chi connectivity index (χ2n) is 4.91. The number of aliphatic hydroxyl groups is 1. The minimum Gasteiger partial charge on any atom is -0.493 e. The zero-order valence-corrected chi connectivity index (χ0v) is 13.7. The highest BCUT2D eigenvalue weighted by Crippen LogP contribution is 2.35. The molecule has 0 fully saturated rings. The number of nitro benzene ring substituents is 1. The number of rotatable bonds is 8. The van der Waals surface area contributed by atoms with Gasteiger partial charge in [0.2, 0.25) is 5.88 Å². The van der Waals surface area contributed by atoms with Crippen LogP contribution in [-0.2, 0) is 13.7 Å². The molecule has 0 atom stereocenters. The van der Waals surface area contributed by atoms with Gasteiger partial charge in [-0.05, 0) is 6.07 Å². The summed E-state index contributed by atoms with van der Waals surface area (Å²) in [5.41, 5.74) is -0.518. The van der Waals surface area contributed by atoms with E-state index in [0.29, 0.717) is 0 Å². The van der Waals surface area contributed by atoms with Gasteiger partial charge in [-0.25, -0.2) is 4.79 Å². The number of ether oxygens (including phenoxy) is 3. The molecule has 0 spiro atoms. The molecule has 0 aliphatic carbocycles. The Hall–Kier alpha value is -3.14. The zero-order valence-electron chi connectivity index (χ0n) is 13.7. The van der Waals surface area contributed by atoms with Gasteiger partial charge in [0.15, 0.2) is 11.5 Å². The molecule has 1 N–H and O–H groups in total. The molecule has 0 saturated heterocycles. The molecule has 25 heavy (non-hydrogen) atoms. The number of hydrogen-bond acceptors (Lipinski definition) is 8. The Bertz CT molecular complexity index is 819. The Morgan fingerprint density at radius 2 is 2.08 bits per heavy atom. The molecule has 1 heterocycles. The van der Waals surface area contributed by atoms with Crippen LogP contribution in [0.1, 0.15) is 5.56 Å². The first-order valence-electron chi connectivity index (χ1n) is 7.21. The Morgan fingerprint density at radius 1 is 1.32 bits per heavy atom. The van der Waals surface area contributed by atoms with Crippen molar-refractivity contribution >= 4 is 5.69 Å². The van der Waals surface area contributed by atoms with Gasteiger partial charge < -0.3 is 23.9 Å². The van der Waals surface area contributed by atoms with Crippen molar-refractivity contribution in [2.24, 2.45) is 7.05 Å². The van der Waals surface area contributed by atoms with Crippen LogP contribution in [0.3, 0.4) is 0 Å². The molecule has 2 aromatic rings. The highest BCUT2D eigenvalue weighted by atomic mass is 16.6. The van der Waals surface area contributed by atoms with Crippen molar-refractivity contribution < 1.29 is 24.2 Å². The van der Waals surface area contributed by atoms with E-state index in [-0.39, 0.29) is 48.5 Å². The summed E-state index contributed by atoms with van der Waals surface area (Å²) in [5, 5.41) is 20.1. The van der Waals surface area contributed by atoms with E-state index >= 15 is 0 Å². The first-order valence-corrected chi connectivity index (χ1v) is 7.21. The molecule has 0 unspecified atom stereocenters. The largest absolute Gasteiger partial charge is 0.493 e. The predicted octanol–water partition coefficient (Wildman–Crippen LogP) is 0.647. The van der Waals surface area contributed by atoms with Gasteiger partial charge in [-0.1, -0.05) is 0 Å². The van der Waals surface area contributed by atoms with Crippen LogP contribution in [0.5, 0.6) is 17.4 Å². The number of aromatic nitrogens is 2. The molecule has 0 aliphatic heterocycles. The number of aliphatic hydroxyl groups excluding tert-OH is 1. The second-order valence-corrected chi connectivity index (χ2v) is 4.91. The van der Waals surface area contributed by atoms with Crippen LogP contribution < -0.4 is 19.9 Å². The third-order valence-electron chi connectivity index (χ3n) is 3.23. The fourth-order valence-electron chi connectivity index (χ4n) is 1.99. The van der Waals surface area contributed by atoms with Gasteiger partial charge >= 0.3 is 5.69 Å². The maximum Gasteiger partial charge on any atom is 0.350 e. The Labute approximate surface area is 142 Å². The topological polar surface area (TPSA) is 126 Å². The van der Waals surface area contributed by atoms with E-state index in [1.807, 2.05) is 0 Å². The van der Waals surface area contributed by atoms with Crippen LogP contribution in [0.25, 0.3) is 0 Å². The molecule has 0 aliphatic rings. The maximum absolute atomic E-state index is 11.5. The van der Waals surface area contributed by atoms with Gasteiger partial charge in [0.1, 0.15) is 13.2 Å². The van der Waals surface area contributed by atoms with E-state index < -0.39 is 10.6 Å². The van der Waals surface area contributed by atoms with E-state index in [9.17, 15) is 14.9 Å². The van der Waals surface area contributed by atoms with Crippen molar-refractivity contribution in [3.63, 3.8) is 0 Å². The summed E-state index contributed by atoms with van der Waals surface area (Å²) in [4.78, 5) is 25.9. The Morgan fingerprint density at radius 3 is 2.68 bits per heavy atom. The fourth-order valence-corrected chi connectivity index (χ4v) is 1.99.